The van der Waals surface area contributed by atoms with Crippen molar-refractivity contribution in [2.45, 2.75) is 52.8 Å². The lowest BCUT2D eigenvalue weighted by Crippen LogP contribution is -2.22. The van der Waals surface area contributed by atoms with Crippen LogP contribution in [-0.4, -0.2) is 31.8 Å². The molecule has 1 N–H and O–H groups in total. The molecule has 0 amide bonds. The molecule has 3 heterocycles. The zero-order valence-electron chi connectivity index (χ0n) is 14.2. The molecule has 0 spiro atoms. The number of hydrogen-bond acceptors (Lipinski definition) is 6. The lowest BCUT2D eigenvalue weighted by molar-refractivity contribution is 0.177. The highest BCUT2D eigenvalue weighted by molar-refractivity contribution is 5.38. The van der Waals surface area contributed by atoms with E-state index in [0.717, 1.165) is 42.5 Å². The van der Waals surface area contributed by atoms with Gasteiger partial charge in [0.2, 0.25) is 0 Å². The van der Waals surface area contributed by atoms with Crippen molar-refractivity contribution in [1.82, 2.24) is 24.7 Å². The number of methoxy groups -OCH3 is 1. The van der Waals surface area contributed by atoms with Gasteiger partial charge in [0.05, 0.1) is 6.04 Å². The van der Waals surface area contributed by atoms with Gasteiger partial charge in [-0.25, -0.2) is 9.97 Å². The number of nitrogens with zero attached hydrogens (tertiary/aromatic N) is 5. The minimum atomic E-state index is 0.0686. The SMILES string of the molecule is COCc1nc(C)cc(NC(c2nnc3n2CCC3)C(C)C)n1. The highest BCUT2D eigenvalue weighted by Crippen LogP contribution is 2.27. The molecule has 2 aromatic heterocycles. The van der Waals surface area contributed by atoms with E-state index in [2.05, 4.69) is 43.9 Å². The molecule has 1 unspecified atom stereocenters. The summed E-state index contributed by atoms with van der Waals surface area (Å²) in [6.07, 6.45) is 2.16. The molecule has 0 aromatic carbocycles. The molecule has 1 atom stereocenters. The summed E-state index contributed by atoms with van der Waals surface area (Å²) in [4.78, 5) is 8.93. The quantitative estimate of drug-likeness (QED) is 0.881. The predicted octanol–water partition coefficient (Wildman–Crippen LogP) is 2.28. The summed E-state index contributed by atoms with van der Waals surface area (Å²) < 4.78 is 7.38. The van der Waals surface area contributed by atoms with Crippen LogP contribution in [-0.2, 0) is 24.3 Å². The van der Waals surface area contributed by atoms with Crippen LogP contribution < -0.4 is 5.32 Å². The van der Waals surface area contributed by atoms with Gasteiger partial charge in [-0.3, -0.25) is 0 Å². The Kier molecular flexibility index (Phi) is 4.56. The zero-order valence-corrected chi connectivity index (χ0v) is 14.2. The fraction of sp³-hybridized carbons (Fsp3) is 0.625. The van der Waals surface area contributed by atoms with Gasteiger partial charge in [0.25, 0.3) is 0 Å². The molecule has 0 saturated heterocycles. The number of ether oxygens (including phenoxy) is 1. The Morgan fingerprint density at radius 3 is 2.87 bits per heavy atom. The lowest BCUT2D eigenvalue weighted by Gasteiger charge is -2.23. The highest BCUT2D eigenvalue weighted by atomic mass is 16.5. The van der Waals surface area contributed by atoms with Gasteiger partial charge in [0, 0.05) is 31.8 Å². The van der Waals surface area contributed by atoms with E-state index in [-0.39, 0.29) is 6.04 Å². The van der Waals surface area contributed by atoms with Crippen molar-refractivity contribution in [2.75, 3.05) is 12.4 Å². The van der Waals surface area contributed by atoms with Gasteiger partial charge in [-0.1, -0.05) is 13.8 Å². The van der Waals surface area contributed by atoms with Gasteiger partial charge in [0.1, 0.15) is 18.2 Å². The first-order chi connectivity index (χ1) is 11.1. The van der Waals surface area contributed by atoms with Gasteiger partial charge in [-0.05, 0) is 19.3 Å². The van der Waals surface area contributed by atoms with Crippen molar-refractivity contribution in [3.05, 3.63) is 29.2 Å². The second-order valence-electron chi connectivity index (χ2n) is 6.34. The number of aromatic nitrogens is 5. The minimum absolute atomic E-state index is 0.0686. The van der Waals surface area contributed by atoms with Crippen LogP contribution in [0.25, 0.3) is 0 Å². The second-order valence-corrected chi connectivity index (χ2v) is 6.34. The fourth-order valence-electron chi connectivity index (χ4n) is 2.99. The Morgan fingerprint density at radius 1 is 1.30 bits per heavy atom. The third-order valence-electron chi connectivity index (χ3n) is 4.06. The van der Waals surface area contributed by atoms with Crippen LogP contribution in [0.15, 0.2) is 6.07 Å². The number of rotatable bonds is 6. The molecule has 23 heavy (non-hydrogen) atoms. The lowest BCUT2D eigenvalue weighted by atomic mass is 10.0. The predicted molar refractivity (Wildman–Crippen MR) is 87.0 cm³/mol. The smallest absolute Gasteiger partial charge is 0.156 e. The Labute approximate surface area is 136 Å². The van der Waals surface area contributed by atoms with Crippen molar-refractivity contribution in [3.63, 3.8) is 0 Å². The van der Waals surface area contributed by atoms with Gasteiger partial charge in [-0.2, -0.15) is 0 Å². The standard InChI is InChI=1S/C16H24N6O/c1-10(2)15(16-21-20-14-6-5-7-22(14)16)19-12-8-11(3)17-13(18-12)9-23-4/h8,10,15H,5-7,9H2,1-4H3,(H,17,18,19). The van der Waals surface area contributed by atoms with Crippen molar-refractivity contribution < 1.29 is 4.74 Å². The van der Waals surface area contributed by atoms with Gasteiger partial charge in [0.15, 0.2) is 11.6 Å². The van der Waals surface area contributed by atoms with Crippen LogP contribution in [0.4, 0.5) is 5.82 Å². The van der Waals surface area contributed by atoms with Crippen LogP contribution in [0.1, 0.15) is 49.5 Å². The number of nitrogens with one attached hydrogen (secondary N) is 1. The Bertz CT molecular complexity index is 681. The molecule has 2 aromatic rings. The maximum Gasteiger partial charge on any atom is 0.156 e. The van der Waals surface area contributed by atoms with Gasteiger partial charge in [-0.15, -0.1) is 10.2 Å². The molecule has 3 rings (SSSR count). The van der Waals surface area contributed by atoms with E-state index in [1.807, 2.05) is 13.0 Å². The largest absolute Gasteiger partial charge is 0.377 e. The average Bonchev–Trinajstić information content (AvgIpc) is 3.07. The molecule has 0 bridgehead atoms. The summed E-state index contributed by atoms with van der Waals surface area (Å²) in [6.45, 7) is 7.73. The Balaban J connectivity index is 1.88. The maximum absolute atomic E-state index is 5.14. The highest BCUT2D eigenvalue weighted by Gasteiger charge is 2.26. The van der Waals surface area contributed by atoms with Crippen LogP contribution in [0.2, 0.25) is 0 Å². The molecular formula is C16H24N6O. The Morgan fingerprint density at radius 2 is 2.13 bits per heavy atom. The number of anilines is 1. The monoisotopic (exact) mass is 316 g/mol. The second kappa shape index (κ2) is 6.62. The first-order valence-corrected chi connectivity index (χ1v) is 8.10. The summed E-state index contributed by atoms with van der Waals surface area (Å²) in [5.74, 6) is 3.94. The molecular weight excluding hydrogens is 292 g/mol. The third-order valence-corrected chi connectivity index (χ3v) is 4.06. The van der Waals surface area contributed by atoms with Crippen LogP contribution >= 0.6 is 0 Å². The normalized spacial score (nSPS) is 15.0. The molecule has 7 nitrogen and oxygen atoms in total. The summed E-state index contributed by atoms with van der Waals surface area (Å²) in [5, 5.41) is 12.3. The molecule has 0 aliphatic carbocycles. The first kappa shape index (κ1) is 15.9. The summed E-state index contributed by atoms with van der Waals surface area (Å²) in [7, 11) is 1.65. The fourth-order valence-corrected chi connectivity index (χ4v) is 2.99. The van der Waals surface area contributed by atoms with Crippen molar-refractivity contribution in [1.29, 1.82) is 0 Å². The molecule has 0 radical (unpaired) electrons. The van der Waals surface area contributed by atoms with E-state index in [4.69, 9.17) is 4.74 Å². The number of hydrogen-bond donors (Lipinski definition) is 1. The molecule has 0 fully saturated rings. The van der Waals surface area contributed by atoms with Crippen LogP contribution in [0.5, 0.6) is 0 Å². The van der Waals surface area contributed by atoms with E-state index in [1.54, 1.807) is 7.11 Å². The molecule has 1 aliphatic heterocycles. The molecule has 7 heteroatoms. The number of aryl methyl sites for hydroxylation is 2. The van der Waals surface area contributed by atoms with Crippen molar-refractivity contribution >= 4 is 5.82 Å². The van der Waals surface area contributed by atoms with E-state index in [0.29, 0.717) is 18.3 Å². The molecule has 0 saturated carbocycles. The van der Waals surface area contributed by atoms with Crippen LogP contribution in [0, 0.1) is 12.8 Å². The maximum atomic E-state index is 5.14. The zero-order chi connectivity index (χ0) is 16.4. The van der Waals surface area contributed by atoms with Crippen molar-refractivity contribution in [2.24, 2.45) is 5.92 Å². The molecule has 124 valence electrons. The van der Waals surface area contributed by atoms with Gasteiger partial charge >= 0.3 is 0 Å². The third kappa shape index (κ3) is 3.34. The average molecular weight is 316 g/mol. The van der Waals surface area contributed by atoms with Gasteiger partial charge < -0.3 is 14.6 Å². The Hall–Kier alpha value is -2.02. The summed E-state index contributed by atoms with van der Waals surface area (Å²) >= 11 is 0. The van der Waals surface area contributed by atoms with E-state index >= 15 is 0 Å². The van der Waals surface area contributed by atoms with Crippen LogP contribution in [0.3, 0.4) is 0 Å². The number of fused-ring (bicyclic) bond motifs is 1. The van der Waals surface area contributed by atoms with E-state index in [1.165, 1.54) is 0 Å². The first-order valence-electron chi connectivity index (χ1n) is 8.10. The minimum Gasteiger partial charge on any atom is -0.377 e. The van der Waals surface area contributed by atoms with E-state index < -0.39 is 0 Å². The van der Waals surface area contributed by atoms with E-state index in [9.17, 15) is 0 Å². The molecule has 1 aliphatic rings. The summed E-state index contributed by atoms with van der Waals surface area (Å²) in [6, 6.07) is 2.02. The van der Waals surface area contributed by atoms with Crippen molar-refractivity contribution in [3.8, 4) is 0 Å². The topological polar surface area (TPSA) is 77.8 Å². The summed E-state index contributed by atoms with van der Waals surface area (Å²) in [5.41, 5.74) is 0.920.